The highest BCUT2D eigenvalue weighted by molar-refractivity contribution is 5.68. The quantitative estimate of drug-likeness (QED) is 0.262. The SMILES string of the molecule is CNc1cc([N+](=O)[O-])ccc1N=[N+]=[N-]. The lowest BCUT2D eigenvalue weighted by atomic mass is 10.2. The molecule has 0 radical (unpaired) electrons. The molecule has 0 fully saturated rings. The fourth-order valence-corrected chi connectivity index (χ4v) is 0.973. The lowest BCUT2D eigenvalue weighted by molar-refractivity contribution is -0.384. The van der Waals surface area contributed by atoms with Crippen LogP contribution in [0.15, 0.2) is 23.3 Å². The van der Waals surface area contributed by atoms with Crippen molar-refractivity contribution in [1.29, 1.82) is 0 Å². The van der Waals surface area contributed by atoms with Crippen molar-refractivity contribution in [3.8, 4) is 0 Å². The molecule has 0 aliphatic rings. The molecular weight excluding hydrogens is 186 g/mol. The number of benzene rings is 1. The first-order chi connectivity index (χ1) is 6.69. The summed E-state index contributed by atoms with van der Waals surface area (Å²) < 4.78 is 0. The number of rotatable bonds is 3. The first kappa shape index (κ1) is 9.82. The number of anilines is 1. The van der Waals surface area contributed by atoms with Crippen molar-refractivity contribution in [1.82, 2.24) is 0 Å². The van der Waals surface area contributed by atoms with Crippen molar-refractivity contribution in [3.63, 3.8) is 0 Å². The minimum absolute atomic E-state index is 0.0498. The van der Waals surface area contributed by atoms with E-state index in [2.05, 4.69) is 15.3 Å². The zero-order valence-corrected chi connectivity index (χ0v) is 7.34. The Morgan fingerprint density at radius 2 is 2.36 bits per heavy atom. The summed E-state index contributed by atoms with van der Waals surface area (Å²) in [7, 11) is 1.59. The molecule has 72 valence electrons. The Bertz CT molecular complexity index is 411. The normalized spacial score (nSPS) is 8.93. The minimum atomic E-state index is -0.513. The zero-order chi connectivity index (χ0) is 10.6. The molecule has 1 aromatic carbocycles. The van der Waals surface area contributed by atoms with Gasteiger partial charge in [-0.15, -0.1) is 0 Å². The number of hydrogen-bond acceptors (Lipinski definition) is 4. The molecule has 0 saturated carbocycles. The van der Waals surface area contributed by atoms with E-state index in [1.54, 1.807) is 7.05 Å². The number of azide groups is 1. The highest BCUT2D eigenvalue weighted by Crippen LogP contribution is 2.28. The Kier molecular flexibility index (Phi) is 2.88. The van der Waals surface area contributed by atoms with Crippen molar-refractivity contribution in [2.75, 3.05) is 12.4 Å². The second-order valence-electron chi connectivity index (χ2n) is 2.40. The molecule has 0 saturated heterocycles. The third kappa shape index (κ3) is 1.90. The number of hydrogen-bond donors (Lipinski definition) is 1. The van der Waals surface area contributed by atoms with Crippen LogP contribution in [0.4, 0.5) is 17.1 Å². The molecule has 0 aromatic heterocycles. The van der Waals surface area contributed by atoms with E-state index in [9.17, 15) is 10.1 Å². The van der Waals surface area contributed by atoms with Crippen molar-refractivity contribution in [2.24, 2.45) is 5.11 Å². The minimum Gasteiger partial charge on any atom is -0.388 e. The maximum Gasteiger partial charge on any atom is 0.271 e. The fourth-order valence-electron chi connectivity index (χ4n) is 0.973. The van der Waals surface area contributed by atoms with Gasteiger partial charge in [0.2, 0.25) is 0 Å². The van der Waals surface area contributed by atoms with E-state index in [4.69, 9.17) is 5.53 Å². The highest BCUT2D eigenvalue weighted by atomic mass is 16.6. The van der Waals surface area contributed by atoms with Gasteiger partial charge in [0.15, 0.2) is 0 Å². The van der Waals surface area contributed by atoms with Crippen LogP contribution < -0.4 is 5.32 Å². The van der Waals surface area contributed by atoms with E-state index in [-0.39, 0.29) is 5.69 Å². The Morgan fingerprint density at radius 3 is 2.86 bits per heavy atom. The Hall–Kier alpha value is -2.27. The van der Waals surface area contributed by atoms with Gasteiger partial charge < -0.3 is 5.32 Å². The van der Waals surface area contributed by atoms with Crippen LogP contribution in [0.25, 0.3) is 10.4 Å². The van der Waals surface area contributed by atoms with E-state index in [1.807, 2.05) is 0 Å². The van der Waals surface area contributed by atoms with E-state index >= 15 is 0 Å². The Balaban J connectivity index is 3.24. The third-order valence-corrected chi connectivity index (χ3v) is 1.61. The summed E-state index contributed by atoms with van der Waals surface area (Å²) in [6, 6.07) is 3.98. The number of nitrogens with one attached hydrogen (secondary N) is 1. The van der Waals surface area contributed by atoms with Gasteiger partial charge in [0.25, 0.3) is 5.69 Å². The average Bonchev–Trinajstić information content (AvgIpc) is 2.18. The topological polar surface area (TPSA) is 104 Å². The van der Waals surface area contributed by atoms with Crippen LogP contribution in [0.2, 0.25) is 0 Å². The second kappa shape index (κ2) is 4.11. The predicted octanol–water partition coefficient (Wildman–Crippen LogP) is 2.58. The molecule has 0 atom stereocenters. The number of nitro groups is 1. The summed E-state index contributed by atoms with van der Waals surface area (Å²) in [4.78, 5) is 12.5. The smallest absolute Gasteiger partial charge is 0.271 e. The second-order valence-corrected chi connectivity index (χ2v) is 2.40. The molecule has 0 spiro atoms. The monoisotopic (exact) mass is 193 g/mol. The lowest BCUT2D eigenvalue weighted by Gasteiger charge is -2.02. The molecule has 0 amide bonds. The molecule has 1 N–H and O–H groups in total. The third-order valence-electron chi connectivity index (χ3n) is 1.61. The number of nitrogens with zero attached hydrogens (tertiary/aromatic N) is 4. The Labute approximate surface area is 79.1 Å². The average molecular weight is 193 g/mol. The van der Waals surface area contributed by atoms with Crippen molar-refractivity contribution >= 4 is 17.1 Å². The largest absolute Gasteiger partial charge is 0.388 e. The summed E-state index contributed by atoms with van der Waals surface area (Å²) in [5.41, 5.74) is 8.93. The van der Waals surface area contributed by atoms with Crippen molar-refractivity contribution in [2.45, 2.75) is 0 Å². The van der Waals surface area contributed by atoms with Gasteiger partial charge in [-0.3, -0.25) is 10.1 Å². The van der Waals surface area contributed by atoms with Crippen LogP contribution in [-0.4, -0.2) is 12.0 Å². The van der Waals surface area contributed by atoms with Crippen LogP contribution in [0.1, 0.15) is 0 Å². The maximum absolute atomic E-state index is 10.4. The van der Waals surface area contributed by atoms with E-state index in [0.717, 1.165) is 0 Å². The number of non-ortho nitro benzene ring substituents is 1. The van der Waals surface area contributed by atoms with Gasteiger partial charge in [-0.05, 0) is 11.6 Å². The molecule has 0 heterocycles. The zero-order valence-electron chi connectivity index (χ0n) is 7.34. The van der Waals surface area contributed by atoms with E-state index < -0.39 is 4.92 Å². The van der Waals surface area contributed by atoms with Crippen LogP contribution in [0, 0.1) is 10.1 Å². The highest BCUT2D eigenvalue weighted by Gasteiger charge is 2.08. The Morgan fingerprint density at radius 1 is 1.64 bits per heavy atom. The van der Waals surface area contributed by atoms with Gasteiger partial charge in [0, 0.05) is 24.1 Å². The number of nitro benzene ring substituents is 1. The van der Waals surface area contributed by atoms with Gasteiger partial charge >= 0.3 is 0 Å². The van der Waals surface area contributed by atoms with Crippen LogP contribution in [-0.2, 0) is 0 Å². The van der Waals surface area contributed by atoms with Gasteiger partial charge in [0.05, 0.1) is 16.3 Å². The molecule has 1 rings (SSSR count). The van der Waals surface area contributed by atoms with Crippen LogP contribution >= 0.6 is 0 Å². The molecule has 14 heavy (non-hydrogen) atoms. The summed E-state index contributed by atoms with van der Waals surface area (Å²) >= 11 is 0. The maximum atomic E-state index is 10.4. The fraction of sp³-hybridized carbons (Fsp3) is 0.143. The first-order valence-electron chi connectivity index (χ1n) is 3.70. The summed E-state index contributed by atoms with van der Waals surface area (Å²) in [5, 5.41) is 16.5. The van der Waals surface area contributed by atoms with Gasteiger partial charge in [-0.25, -0.2) is 0 Å². The molecule has 1 aromatic rings. The van der Waals surface area contributed by atoms with Gasteiger partial charge in [0.1, 0.15) is 0 Å². The summed E-state index contributed by atoms with van der Waals surface area (Å²) in [5.74, 6) is 0. The van der Waals surface area contributed by atoms with Crippen LogP contribution in [0.3, 0.4) is 0 Å². The summed E-state index contributed by atoms with van der Waals surface area (Å²) in [6.07, 6.45) is 0. The summed E-state index contributed by atoms with van der Waals surface area (Å²) in [6.45, 7) is 0. The molecule has 0 unspecified atom stereocenters. The molecule has 7 nitrogen and oxygen atoms in total. The molecule has 0 aliphatic carbocycles. The first-order valence-corrected chi connectivity index (χ1v) is 3.70. The van der Waals surface area contributed by atoms with Gasteiger partial charge in [-0.1, -0.05) is 5.11 Å². The molecular formula is C7H7N5O2. The predicted molar refractivity (Wildman–Crippen MR) is 51.4 cm³/mol. The molecule has 0 bridgehead atoms. The van der Waals surface area contributed by atoms with E-state index in [1.165, 1.54) is 18.2 Å². The molecule has 0 aliphatic heterocycles. The van der Waals surface area contributed by atoms with Gasteiger partial charge in [-0.2, -0.15) is 0 Å². The lowest BCUT2D eigenvalue weighted by Crippen LogP contribution is -1.92. The molecule has 7 heteroatoms. The van der Waals surface area contributed by atoms with Crippen molar-refractivity contribution in [3.05, 3.63) is 38.8 Å². The van der Waals surface area contributed by atoms with E-state index in [0.29, 0.717) is 11.4 Å². The standard InChI is InChI=1S/C7H7N5O2/c1-9-7-4-5(12(13)14)2-3-6(7)10-11-8/h2-4,9H,1H3. The van der Waals surface area contributed by atoms with Crippen LogP contribution in [0.5, 0.6) is 0 Å². The van der Waals surface area contributed by atoms with Crippen molar-refractivity contribution < 1.29 is 4.92 Å².